The molecule has 0 heterocycles. The Kier molecular flexibility index (Phi) is 3.44. The molecule has 0 aromatic carbocycles. The number of hydrogen-bond donors (Lipinski definition) is 1. The van der Waals surface area contributed by atoms with Gasteiger partial charge in [-0.1, -0.05) is 25.5 Å². The fraction of sp³-hybridized carbons (Fsp3) is 0.867. The van der Waals surface area contributed by atoms with E-state index in [2.05, 4.69) is 26.8 Å². The molecule has 2 rings (SSSR count). The predicted octanol–water partition coefficient (Wildman–Crippen LogP) is 3.78. The van der Waals surface area contributed by atoms with Crippen molar-refractivity contribution < 1.29 is 5.11 Å². The van der Waals surface area contributed by atoms with Crippen LogP contribution in [-0.4, -0.2) is 11.7 Å². The molecular formula is C15H26O. The first-order chi connectivity index (χ1) is 7.54. The van der Waals surface area contributed by atoms with Gasteiger partial charge in [-0.2, -0.15) is 0 Å². The highest BCUT2D eigenvalue weighted by Gasteiger charge is 2.49. The highest BCUT2D eigenvalue weighted by Crippen LogP contribution is 2.56. The van der Waals surface area contributed by atoms with Crippen LogP contribution in [0.5, 0.6) is 0 Å². The number of allylic oxidation sites excluding steroid dienone is 2. The summed E-state index contributed by atoms with van der Waals surface area (Å²) >= 11 is 0. The molecule has 3 unspecified atom stereocenters. The molecule has 0 aliphatic heterocycles. The first-order valence-electron chi connectivity index (χ1n) is 6.81. The van der Waals surface area contributed by atoms with E-state index < -0.39 is 0 Å². The topological polar surface area (TPSA) is 20.2 Å². The Balaban J connectivity index is 2.11. The molecule has 0 bridgehead atoms. The molecule has 0 spiro atoms. The van der Waals surface area contributed by atoms with Crippen molar-refractivity contribution >= 4 is 0 Å². The molecular weight excluding hydrogens is 196 g/mol. The van der Waals surface area contributed by atoms with Crippen LogP contribution in [-0.2, 0) is 0 Å². The van der Waals surface area contributed by atoms with Crippen molar-refractivity contribution in [1.29, 1.82) is 0 Å². The largest absolute Gasteiger partial charge is 0.396 e. The molecule has 0 saturated heterocycles. The third kappa shape index (κ3) is 2.20. The highest BCUT2D eigenvalue weighted by molar-refractivity contribution is 5.05. The fourth-order valence-corrected chi connectivity index (χ4v) is 3.89. The van der Waals surface area contributed by atoms with Crippen molar-refractivity contribution in [1.82, 2.24) is 0 Å². The van der Waals surface area contributed by atoms with E-state index in [1.54, 1.807) is 5.57 Å². The molecule has 2 aliphatic rings. The van der Waals surface area contributed by atoms with Crippen molar-refractivity contribution in [3.63, 3.8) is 0 Å². The number of aliphatic hydroxyl groups excluding tert-OH is 1. The van der Waals surface area contributed by atoms with Gasteiger partial charge in [-0.3, -0.25) is 0 Å². The summed E-state index contributed by atoms with van der Waals surface area (Å²) in [7, 11) is 0. The zero-order valence-corrected chi connectivity index (χ0v) is 11.0. The predicted molar refractivity (Wildman–Crippen MR) is 68.2 cm³/mol. The summed E-state index contributed by atoms with van der Waals surface area (Å²) in [6, 6.07) is 0. The minimum atomic E-state index is 0.393. The molecule has 1 saturated carbocycles. The van der Waals surface area contributed by atoms with Gasteiger partial charge >= 0.3 is 0 Å². The average molecular weight is 222 g/mol. The molecule has 1 N–H and O–H groups in total. The molecule has 0 aromatic heterocycles. The summed E-state index contributed by atoms with van der Waals surface area (Å²) < 4.78 is 0. The van der Waals surface area contributed by atoms with Crippen LogP contribution in [0.2, 0.25) is 0 Å². The smallest absolute Gasteiger partial charge is 0.0462 e. The lowest BCUT2D eigenvalue weighted by molar-refractivity contribution is -0.0650. The van der Waals surface area contributed by atoms with Gasteiger partial charge in [0.05, 0.1) is 0 Å². The van der Waals surface area contributed by atoms with E-state index in [0.717, 1.165) is 11.8 Å². The van der Waals surface area contributed by atoms with Gasteiger partial charge in [-0.15, -0.1) is 0 Å². The Morgan fingerprint density at radius 3 is 2.75 bits per heavy atom. The van der Waals surface area contributed by atoms with E-state index in [9.17, 15) is 5.11 Å². The maximum atomic E-state index is 9.54. The molecule has 0 amide bonds. The van der Waals surface area contributed by atoms with Crippen LogP contribution in [0.3, 0.4) is 0 Å². The zero-order chi connectivity index (χ0) is 11.8. The maximum Gasteiger partial charge on any atom is 0.0462 e. The molecule has 2 aliphatic carbocycles. The van der Waals surface area contributed by atoms with E-state index >= 15 is 0 Å². The summed E-state index contributed by atoms with van der Waals surface area (Å²) in [5.74, 6) is 2.19. The highest BCUT2D eigenvalue weighted by atomic mass is 16.3. The van der Waals surface area contributed by atoms with E-state index in [-0.39, 0.29) is 0 Å². The Morgan fingerprint density at radius 1 is 1.38 bits per heavy atom. The molecule has 3 atom stereocenters. The zero-order valence-electron chi connectivity index (χ0n) is 11.0. The van der Waals surface area contributed by atoms with Crippen LogP contribution in [0, 0.1) is 23.2 Å². The van der Waals surface area contributed by atoms with Crippen LogP contribution in [0.15, 0.2) is 11.6 Å². The van der Waals surface area contributed by atoms with Crippen LogP contribution in [0.4, 0.5) is 0 Å². The van der Waals surface area contributed by atoms with Gasteiger partial charge in [-0.25, -0.2) is 0 Å². The van der Waals surface area contributed by atoms with Crippen molar-refractivity contribution in [3.8, 4) is 0 Å². The van der Waals surface area contributed by atoms with Crippen molar-refractivity contribution in [2.45, 2.75) is 52.9 Å². The minimum Gasteiger partial charge on any atom is -0.396 e. The molecule has 0 radical (unpaired) electrons. The number of aliphatic hydroxyl groups is 1. The van der Waals surface area contributed by atoms with E-state index in [1.165, 1.54) is 32.1 Å². The second-order valence-corrected chi connectivity index (χ2v) is 6.57. The van der Waals surface area contributed by atoms with Gasteiger partial charge in [0.15, 0.2) is 0 Å². The van der Waals surface area contributed by atoms with Crippen LogP contribution in [0.1, 0.15) is 52.9 Å². The summed E-state index contributed by atoms with van der Waals surface area (Å²) in [6.45, 7) is 7.46. The first kappa shape index (κ1) is 12.2. The van der Waals surface area contributed by atoms with E-state index in [1.807, 2.05) is 0 Å². The van der Waals surface area contributed by atoms with Crippen LogP contribution >= 0.6 is 0 Å². The normalized spacial score (nSPS) is 41.8. The SMILES string of the molecule is C/C1=C\CCC(CO)C2CC(C)(C)C2CC1. The van der Waals surface area contributed by atoms with Gasteiger partial charge in [0.2, 0.25) is 0 Å². The van der Waals surface area contributed by atoms with Crippen molar-refractivity contribution in [2.75, 3.05) is 6.61 Å². The number of fused-ring (bicyclic) bond motifs is 1. The van der Waals surface area contributed by atoms with E-state index in [0.29, 0.717) is 17.9 Å². The van der Waals surface area contributed by atoms with E-state index in [4.69, 9.17) is 0 Å². The lowest BCUT2D eigenvalue weighted by atomic mass is 9.51. The van der Waals surface area contributed by atoms with Gasteiger partial charge in [-0.05, 0) is 62.2 Å². The molecule has 92 valence electrons. The standard InChI is InChI=1S/C15H26O/c1-11-5-4-6-12(10-16)13-9-15(2,3)14(13)8-7-11/h5,12-14,16H,4,6-10H2,1-3H3/b11-5+. The second kappa shape index (κ2) is 4.52. The first-order valence-corrected chi connectivity index (χ1v) is 6.81. The Hall–Kier alpha value is -0.300. The Morgan fingerprint density at radius 2 is 2.12 bits per heavy atom. The molecule has 16 heavy (non-hydrogen) atoms. The molecule has 0 aromatic rings. The van der Waals surface area contributed by atoms with Gasteiger partial charge in [0.1, 0.15) is 0 Å². The third-order valence-electron chi connectivity index (χ3n) is 5.00. The van der Waals surface area contributed by atoms with Gasteiger partial charge in [0, 0.05) is 6.61 Å². The summed E-state index contributed by atoms with van der Waals surface area (Å²) in [6.07, 6.45) is 8.66. The summed E-state index contributed by atoms with van der Waals surface area (Å²) in [4.78, 5) is 0. The van der Waals surface area contributed by atoms with Crippen molar-refractivity contribution in [3.05, 3.63) is 11.6 Å². The van der Waals surface area contributed by atoms with Crippen LogP contribution in [0.25, 0.3) is 0 Å². The Labute approximate surface area is 99.9 Å². The van der Waals surface area contributed by atoms with Crippen LogP contribution < -0.4 is 0 Å². The molecule has 1 fully saturated rings. The quantitative estimate of drug-likeness (QED) is 0.669. The lowest BCUT2D eigenvalue weighted by Crippen LogP contribution is -2.48. The summed E-state index contributed by atoms with van der Waals surface area (Å²) in [5.41, 5.74) is 2.07. The fourth-order valence-electron chi connectivity index (χ4n) is 3.89. The average Bonchev–Trinajstić information content (AvgIpc) is 2.27. The third-order valence-corrected chi connectivity index (χ3v) is 5.00. The number of rotatable bonds is 1. The summed E-state index contributed by atoms with van der Waals surface area (Å²) in [5, 5.41) is 9.54. The second-order valence-electron chi connectivity index (χ2n) is 6.57. The molecule has 1 nitrogen and oxygen atoms in total. The Bertz CT molecular complexity index is 277. The lowest BCUT2D eigenvalue weighted by Gasteiger charge is -2.54. The monoisotopic (exact) mass is 222 g/mol. The maximum absolute atomic E-state index is 9.54. The van der Waals surface area contributed by atoms with Gasteiger partial charge < -0.3 is 5.11 Å². The van der Waals surface area contributed by atoms with Crippen molar-refractivity contribution in [2.24, 2.45) is 23.2 Å². The number of hydrogen-bond acceptors (Lipinski definition) is 1. The van der Waals surface area contributed by atoms with Gasteiger partial charge in [0.25, 0.3) is 0 Å². The minimum absolute atomic E-state index is 0.393. The molecule has 1 heteroatoms.